The summed E-state index contributed by atoms with van der Waals surface area (Å²) in [5.74, 6) is 0.349. The highest BCUT2D eigenvalue weighted by atomic mass is 35.5. The molecule has 0 saturated carbocycles. The average molecular weight is 308 g/mol. The van der Waals surface area contributed by atoms with Crippen LogP contribution in [0.15, 0.2) is 12.1 Å². The number of hydrogen-bond donors (Lipinski definition) is 3. The first-order chi connectivity index (χ1) is 10.0. The third-order valence-corrected chi connectivity index (χ3v) is 3.17. The van der Waals surface area contributed by atoms with Gasteiger partial charge >= 0.3 is 0 Å². The standard InChI is InChI=1S/C14H18ClN5O/c1-4-5-16-12-7-10(6-11(15)17-12)14(21)18-13-8(2)19-20-9(13)3/h6-7H,4-5H2,1-3H3,(H,16,17)(H,18,21)(H,19,20). The number of aromatic nitrogens is 3. The Hall–Kier alpha value is -2.08. The van der Waals surface area contributed by atoms with Gasteiger partial charge in [0.2, 0.25) is 0 Å². The molecular weight excluding hydrogens is 290 g/mol. The SMILES string of the molecule is CCCNc1cc(C(=O)Nc2c(C)n[nH]c2C)cc(Cl)n1. The quantitative estimate of drug-likeness (QED) is 0.741. The van der Waals surface area contributed by atoms with E-state index in [2.05, 4.69) is 32.7 Å². The Bertz CT molecular complexity index is 633. The molecule has 0 aromatic carbocycles. The number of halogens is 1. The first-order valence-electron chi connectivity index (χ1n) is 6.75. The lowest BCUT2D eigenvalue weighted by molar-refractivity contribution is 0.102. The lowest BCUT2D eigenvalue weighted by Gasteiger charge is -2.09. The Morgan fingerprint density at radius 3 is 2.76 bits per heavy atom. The molecule has 2 heterocycles. The highest BCUT2D eigenvalue weighted by Gasteiger charge is 2.13. The predicted octanol–water partition coefficient (Wildman–Crippen LogP) is 3.15. The number of amides is 1. The van der Waals surface area contributed by atoms with Gasteiger partial charge in [0.15, 0.2) is 0 Å². The number of H-pyrrole nitrogens is 1. The van der Waals surface area contributed by atoms with Crippen molar-refractivity contribution in [2.75, 3.05) is 17.2 Å². The summed E-state index contributed by atoms with van der Waals surface area (Å²) in [7, 11) is 0. The molecule has 0 aliphatic heterocycles. The summed E-state index contributed by atoms with van der Waals surface area (Å²) in [6.07, 6.45) is 0.961. The second-order valence-electron chi connectivity index (χ2n) is 4.75. The van der Waals surface area contributed by atoms with Crippen LogP contribution >= 0.6 is 11.6 Å². The Morgan fingerprint density at radius 2 is 2.14 bits per heavy atom. The maximum Gasteiger partial charge on any atom is 0.256 e. The van der Waals surface area contributed by atoms with Crippen LogP contribution in [0.1, 0.15) is 35.1 Å². The average Bonchev–Trinajstić information content (AvgIpc) is 2.76. The maximum atomic E-state index is 12.3. The fraction of sp³-hybridized carbons (Fsp3) is 0.357. The molecule has 0 bridgehead atoms. The summed E-state index contributed by atoms with van der Waals surface area (Å²) in [6.45, 7) is 6.50. The second-order valence-corrected chi connectivity index (χ2v) is 5.14. The van der Waals surface area contributed by atoms with Crippen molar-refractivity contribution >= 4 is 29.0 Å². The van der Waals surface area contributed by atoms with Crippen LogP contribution in [0.2, 0.25) is 5.15 Å². The van der Waals surface area contributed by atoms with Crippen molar-refractivity contribution in [1.29, 1.82) is 0 Å². The van der Waals surface area contributed by atoms with E-state index in [4.69, 9.17) is 11.6 Å². The zero-order valence-electron chi connectivity index (χ0n) is 12.2. The topological polar surface area (TPSA) is 82.7 Å². The summed E-state index contributed by atoms with van der Waals surface area (Å²) in [4.78, 5) is 16.5. The molecule has 2 aromatic rings. The second kappa shape index (κ2) is 6.58. The number of hydrogen-bond acceptors (Lipinski definition) is 4. The molecule has 2 rings (SSSR count). The van der Waals surface area contributed by atoms with Gasteiger partial charge in [0.25, 0.3) is 5.91 Å². The molecule has 0 aliphatic carbocycles. The summed E-state index contributed by atoms with van der Waals surface area (Å²) in [6, 6.07) is 3.22. The summed E-state index contributed by atoms with van der Waals surface area (Å²) < 4.78 is 0. The molecule has 1 amide bonds. The van der Waals surface area contributed by atoms with Gasteiger partial charge in [0.05, 0.1) is 17.1 Å². The highest BCUT2D eigenvalue weighted by molar-refractivity contribution is 6.30. The fourth-order valence-electron chi connectivity index (χ4n) is 1.89. The van der Waals surface area contributed by atoms with Crippen molar-refractivity contribution in [2.45, 2.75) is 27.2 Å². The molecule has 0 fully saturated rings. The molecule has 3 N–H and O–H groups in total. The van der Waals surface area contributed by atoms with E-state index in [9.17, 15) is 4.79 Å². The van der Waals surface area contributed by atoms with Crippen molar-refractivity contribution < 1.29 is 4.79 Å². The first-order valence-corrected chi connectivity index (χ1v) is 7.13. The number of carbonyl (C=O) groups is 1. The van der Waals surface area contributed by atoms with Crippen LogP contribution in [0.3, 0.4) is 0 Å². The summed E-state index contributed by atoms with van der Waals surface area (Å²) >= 11 is 5.97. The van der Waals surface area contributed by atoms with E-state index in [0.717, 1.165) is 24.4 Å². The molecule has 7 heteroatoms. The van der Waals surface area contributed by atoms with E-state index in [1.54, 1.807) is 12.1 Å². The molecular formula is C14H18ClN5O. The van der Waals surface area contributed by atoms with Crippen LogP contribution in [0, 0.1) is 13.8 Å². The van der Waals surface area contributed by atoms with Crippen LogP contribution < -0.4 is 10.6 Å². The molecule has 0 aliphatic rings. The van der Waals surface area contributed by atoms with Gasteiger partial charge in [-0.3, -0.25) is 9.89 Å². The van der Waals surface area contributed by atoms with Crippen molar-refractivity contribution in [2.24, 2.45) is 0 Å². The Kier molecular flexibility index (Phi) is 4.80. The largest absolute Gasteiger partial charge is 0.370 e. The number of anilines is 2. The lowest BCUT2D eigenvalue weighted by Crippen LogP contribution is -2.14. The van der Waals surface area contributed by atoms with Crippen molar-refractivity contribution in [3.8, 4) is 0 Å². The van der Waals surface area contributed by atoms with Gasteiger partial charge in [-0.05, 0) is 32.4 Å². The molecule has 0 saturated heterocycles. The molecule has 6 nitrogen and oxygen atoms in total. The number of nitrogens with one attached hydrogen (secondary N) is 3. The molecule has 2 aromatic heterocycles. The van der Waals surface area contributed by atoms with Crippen molar-refractivity contribution in [3.05, 3.63) is 34.2 Å². The fourth-order valence-corrected chi connectivity index (χ4v) is 2.10. The van der Waals surface area contributed by atoms with E-state index in [0.29, 0.717) is 17.1 Å². The predicted molar refractivity (Wildman–Crippen MR) is 84.0 cm³/mol. The summed E-state index contributed by atoms with van der Waals surface area (Å²) in [5.41, 5.74) is 2.69. The maximum absolute atomic E-state index is 12.3. The van der Waals surface area contributed by atoms with Crippen molar-refractivity contribution in [3.63, 3.8) is 0 Å². The van der Waals surface area contributed by atoms with Crippen LogP contribution in [0.25, 0.3) is 0 Å². The number of aromatic amines is 1. The van der Waals surface area contributed by atoms with Gasteiger partial charge in [0.1, 0.15) is 11.0 Å². The Balaban J connectivity index is 2.21. The van der Waals surface area contributed by atoms with Gasteiger partial charge in [-0.15, -0.1) is 0 Å². The summed E-state index contributed by atoms with van der Waals surface area (Å²) in [5, 5.41) is 13.1. The minimum Gasteiger partial charge on any atom is -0.370 e. The zero-order valence-corrected chi connectivity index (χ0v) is 13.0. The van der Waals surface area contributed by atoms with E-state index < -0.39 is 0 Å². The molecule has 112 valence electrons. The number of aryl methyl sites for hydroxylation is 2. The molecule has 0 atom stereocenters. The third kappa shape index (κ3) is 3.72. The number of nitrogens with zero attached hydrogens (tertiary/aromatic N) is 2. The molecule has 0 unspecified atom stereocenters. The zero-order chi connectivity index (χ0) is 15.4. The van der Waals surface area contributed by atoms with Gasteiger partial charge < -0.3 is 10.6 Å². The number of rotatable bonds is 5. The van der Waals surface area contributed by atoms with E-state index in [-0.39, 0.29) is 11.1 Å². The Morgan fingerprint density at radius 1 is 1.38 bits per heavy atom. The van der Waals surface area contributed by atoms with E-state index in [1.165, 1.54) is 0 Å². The first kappa shape index (κ1) is 15.3. The van der Waals surface area contributed by atoms with E-state index in [1.807, 2.05) is 13.8 Å². The van der Waals surface area contributed by atoms with Gasteiger partial charge in [-0.25, -0.2) is 4.98 Å². The van der Waals surface area contributed by atoms with Gasteiger partial charge in [-0.1, -0.05) is 18.5 Å². The van der Waals surface area contributed by atoms with Gasteiger partial charge in [-0.2, -0.15) is 5.10 Å². The monoisotopic (exact) mass is 307 g/mol. The highest BCUT2D eigenvalue weighted by Crippen LogP contribution is 2.19. The van der Waals surface area contributed by atoms with Crippen LogP contribution in [0.5, 0.6) is 0 Å². The third-order valence-electron chi connectivity index (χ3n) is 2.98. The van der Waals surface area contributed by atoms with Crippen molar-refractivity contribution in [1.82, 2.24) is 15.2 Å². The minimum absolute atomic E-state index is 0.244. The van der Waals surface area contributed by atoms with Crippen LogP contribution in [-0.4, -0.2) is 27.6 Å². The van der Waals surface area contributed by atoms with E-state index >= 15 is 0 Å². The smallest absolute Gasteiger partial charge is 0.256 e. The molecule has 0 radical (unpaired) electrons. The minimum atomic E-state index is -0.244. The normalized spacial score (nSPS) is 10.5. The number of carbonyl (C=O) groups excluding carboxylic acids is 1. The molecule has 21 heavy (non-hydrogen) atoms. The number of pyridine rings is 1. The Labute approximate surface area is 128 Å². The molecule has 0 spiro atoms. The lowest BCUT2D eigenvalue weighted by atomic mass is 10.2. The van der Waals surface area contributed by atoms with Crippen LogP contribution in [-0.2, 0) is 0 Å². The van der Waals surface area contributed by atoms with Gasteiger partial charge in [0, 0.05) is 12.1 Å². The van der Waals surface area contributed by atoms with Crippen LogP contribution in [0.4, 0.5) is 11.5 Å².